The number of halogens is 1. The van der Waals surface area contributed by atoms with Gasteiger partial charge in [0.05, 0.1) is 18.2 Å². The van der Waals surface area contributed by atoms with Gasteiger partial charge in [0.1, 0.15) is 0 Å². The smallest absolute Gasteiger partial charge is 0.199 e. The predicted molar refractivity (Wildman–Crippen MR) is 107 cm³/mol. The Kier molecular flexibility index (Phi) is 5.86. The zero-order chi connectivity index (χ0) is 18.9. The Labute approximate surface area is 164 Å². The summed E-state index contributed by atoms with van der Waals surface area (Å²) in [4.78, 5) is 2.18. The quantitative estimate of drug-likeness (QED) is 0.679. The highest BCUT2D eigenvalue weighted by atomic mass is 35.5. The summed E-state index contributed by atoms with van der Waals surface area (Å²) in [5.41, 5.74) is 0.937. The Morgan fingerprint density at radius 1 is 1.35 bits per heavy atom. The van der Waals surface area contributed by atoms with E-state index in [0.717, 1.165) is 24.4 Å². The van der Waals surface area contributed by atoms with Crippen molar-refractivity contribution < 1.29 is 8.42 Å². The molecule has 1 saturated heterocycles. The fourth-order valence-electron chi connectivity index (χ4n) is 3.32. The first-order chi connectivity index (χ1) is 12.3. The van der Waals surface area contributed by atoms with Crippen LogP contribution in [0.1, 0.15) is 19.8 Å². The fourth-order valence-corrected chi connectivity index (χ4v) is 5.39. The van der Waals surface area contributed by atoms with Crippen molar-refractivity contribution in [1.29, 1.82) is 0 Å². The van der Waals surface area contributed by atoms with E-state index in [1.165, 1.54) is 0 Å². The molecule has 0 spiro atoms. The van der Waals surface area contributed by atoms with E-state index in [9.17, 15) is 8.42 Å². The van der Waals surface area contributed by atoms with Gasteiger partial charge in [0.25, 0.3) is 0 Å². The summed E-state index contributed by atoms with van der Waals surface area (Å²) in [5, 5.41) is 5.35. The van der Waals surface area contributed by atoms with Crippen LogP contribution >= 0.6 is 23.8 Å². The largest absolute Gasteiger partial charge is 0.303 e. The number of benzene rings is 1. The molecule has 3 rings (SSSR count). The second kappa shape index (κ2) is 7.80. The van der Waals surface area contributed by atoms with Crippen LogP contribution in [0, 0.1) is 4.77 Å². The van der Waals surface area contributed by atoms with E-state index >= 15 is 0 Å². The Balaban J connectivity index is 1.87. The van der Waals surface area contributed by atoms with Gasteiger partial charge in [-0.2, -0.15) is 5.10 Å². The van der Waals surface area contributed by atoms with Crippen molar-refractivity contribution in [1.82, 2.24) is 19.2 Å². The molecular weight excluding hydrogens is 392 g/mol. The molecule has 6 nitrogen and oxygen atoms in total. The van der Waals surface area contributed by atoms with Gasteiger partial charge < -0.3 is 4.57 Å². The summed E-state index contributed by atoms with van der Waals surface area (Å²) >= 11 is 11.5. The molecule has 0 unspecified atom stereocenters. The van der Waals surface area contributed by atoms with Gasteiger partial charge in [-0.15, -0.1) is 0 Å². The van der Waals surface area contributed by atoms with Crippen molar-refractivity contribution in [2.45, 2.75) is 32.5 Å². The fraction of sp³-hybridized carbons (Fsp3) is 0.529. The lowest BCUT2D eigenvalue weighted by atomic mass is 10.2. The molecule has 0 aliphatic carbocycles. The summed E-state index contributed by atoms with van der Waals surface area (Å²) in [6.07, 6.45) is 1.62. The third-order valence-electron chi connectivity index (χ3n) is 4.69. The third-order valence-corrected chi connectivity index (χ3v) is 7.18. The highest BCUT2D eigenvalue weighted by molar-refractivity contribution is 7.91. The summed E-state index contributed by atoms with van der Waals surface area (Å²) in [6.45, 7) is 3.40. The van der Waals surface area contributed by atoms with E-state index in [1.807, 2.05) is 35.9 Å². The van der Waals surface area contributed by atoms with Gasteiger partial charge in [-0.05, 0) is 55.9 Å². The maximum Gasteiger partial charge on any atom is 0.199 e. The van der Waals surface area contributed by atoms with Gasteiger partial charge in [0.2, 0.25) is 0 Å². The van der Waals surface area contributed by atoms with Crippen molar-refractivity contribution in [2.75, 3.05) is 18.1 Å². The molecule has 2 aromatic rings. The van der Waals surface area contributed by atoms with E-state index in [0.29, 0.717) is 22.9 Å². The molecule has 0 N–H and O–H groups in total. The second-order valence-electron chi connectivity index (χ2n) is 6.68. The van der Waals surface area contributed by atoms with Crippen LogP contribution in [0.2, 0.25) is 5.02 Å². The minimum atomic E-state index is -2.93. The monoisotopic (exact) mass is 414 g/mol. The molecule has 1 aliphatic rings. The van der Waals surface area contributed by atoms with Gasteiger partial charge in [0, 0.05) is 23.7 Å². The van der Waals surface area contributed by atoms with Gasteiger partial charge in [-0.1, -0.05) is 18.5 Å². The van der Waals surface area contributed by atoms with E-state index in [2.05, 4.69) is 16.9 Å². The van der Waals surface area contributed by atoms with Crippen molar-refractivity contribution in [3.8, 4) is 11.4 Å². The average Bonchev–Trinajstić information content (AvgIpc) is 3.09. The summed E-state index contributed by atoms with van der Waals surface area (Å²) in [5.74, 6) is 1.25. The number of nitrogens with zero attached hydrogens (tertiary/aromatic N) is 4. The van der Waals surface area contributed by atoms with E-state index in [1.54, 1.807) is 4.68 Å². The molecule has 0 radical (unpaired) electrons. The van der Waals surface area contributed by atoms with E-state index in [-0.39, 0.29) is 17.5 Å². The Bertz CT molecular complexity index is 935. The SMILES string of the molecule is CCCN(Cn1nc(-c2ccc(Cl)cc2)n(C)c1=S)[C@H]1CCS(=O)(=O)C1. The zero-order valence-corrected chi connectivity index (χ0v) is 17.3. The lowest BCUT2D eigenvalue weighted by Gasteiger charge is -2.27. The summed E-state index contributed by atoms with van der Waals surface area (Å²) in [6, 6.07) is 7.51. The maximum absolute atomic E-state index is 11.9. The molecule has 0 bridgehead atoms. The summed E-state index contributed by atoms with van der Waals surface area (Å²) < 4.78 is 28.0. The molecular formula is C17H23ClN4O2S2. The van der Waals surface area contributed by atoms with Crippen LogP contribution in [0.5, 0.6) is 0 Å². The first-order valence-corrected chi connectivity index (χ1v) is 11.3. The molecule has 142 valence electrons. The Morgan fingerprint density at radius 2 is 2.04 bits per heavy atom. The number of sulfone groups is 1. The van der Waals surface area contributed by atoms with Crippen LogP contribution in [-0.4, -0.2) is 51.8 Å². The van der Waals surface area contributed by atoms with Gasteiger partial charge in [-0.3, -0.25) is 4.90 Å². The van der Waals surface area contributed by atoms with Crippen LogP contribution in [0.15, 0.2) is 24.3 Å². The molecule has 2 heterocycles. The predicted octanol–water partition coefficient (Wildman–Crippen LogP) is 3.13. The molecule has 0 saturated carbocycles. The van der Waals surface area contributed by atoms with Gasteiger partial charge >= 0.3 is 0 Å². The second-order valence-corrected chi connectivity index (χ2v) is 9.71. The molecule has 1 fully saturated rings. The van der Waals surface area contributed by atoms with Crippen LogP contribution in [0.4, 0.5) is 0 Å². The first kappa shape index (κ1) is 19.5. The summed E-state index contributed by atoms with van der Waals surface area (Å²) in [7, 11) is -1.04. The highest BCUT2D eigenvalue weighted by Gasteiger charge is 2.32. The van der Waals surface area contributed by atoms with Gasteiger partial charge in [-0.25, -0.2) is 13.1 Å². The van der Waals surface area contributed by atoms with Crippen LogP contribution in [0.3, 0.4) is 0 Å². The van der Waals surface area contributed by atoms with Crippen molar-refractivity contribution in [2.24, 2.45) is 7.05 Å². The van der Waals surface area contributed by atoms with E-state index < -0.39 is 9.84 Å². The minimum Gasteiger partial charge on any atom is -0.303 e. The molecule has 9 heteroatoms. The lowest BCUT2D eigenvalue weighted by molar-refractivity contribution is 0.155. The van der Waals surface area contributed by atoms with Crippen molar-refractivity contribution in [3.63, 3.8) is 0 Å². The van der Waals surface area contributed by atoms with Gasteiger partial charge in [0.15, 0.2) is 20.4 Å². The molecule has 0 amide bonds. The Morgan fingerprint density at radius 3 is 2.62 bits per heavy atom. The van der Waals surface area contributed by atoms with Crippen LogP contribution in [-0.2, 0) is 23.6 Å². The minimum absolute atomic E-state index is 0.0304. The third kappa shape index (κ3) is 4.19. The number of hydrogen-bond donors (Lipinski definition) is 0. The Hall–Kier alpha value is -1.22. The van der Waals surface area contributed by atoms with Crippen LogP contribution in [0.25, 0.3) is 11.4 Å². The normalized spacial score (nSPS) is 19.3. The number of aromatic nitrogens is 3. The van der Waals surface area contributed by atoms with E-state index in [4.69, 9.17) is 23.8 Å². The highest BCUT2D eigenvalue weighted by Crippen LogP contribution is 2.22. The molecule has 1 aromatic heterocycles. The molecule has 1 aromatic carbocycles. The molecule has 1 atom stereocenters. The number of hydrogen-bond acceptors (Lipinski definition) is 5. The van der Waals surface area contributed by atoms with Crippen molar-refractivity contribution in [3.05, 3.63) is 34.1 Å². The molecule has 26 heavy (non-hydrogen) atoms. The topological polar surface area (TPSA) is 60.1 Å². The zero-order valence-electron chi connectivity index (χ0n) is 14.9. The average molecular weight is 415 g/mol. The van der Waals surface area contributed by atoms with Crippen LogP contribution < -0.4 is 0 Å². The maximum atomic E-state index is 11.9. The van der Waals surface area contributed by atoms with Crippen molar-refractivity contribution >= 4 is 33.7 Å². The number of rotatable bonds is 6. The first-order valence-electron chi connectivity index (χ1n) is 8.65. The lowest BCUT2D eigenvalue weighted by Crippen LogP contribution is -2.38. The molecule has 1 aliphatic heterocycles. The standard InChI is InChI=1S/C17H23ClN4O2S2/c1-3-9-21(15-8-10-26(23,24)11-15)12-22-17(25)20(2)16(19-22)13-4-6-14(18)7-5-13/h4-7,15H,3,8-12H2,1-2H3/t15-/m0/s1.